The van der Waals surface area contributed by atoms with Gasteiger partial charge in [0.15, 0.2) is 0 Å². The lowest BCUT2D eigenvalue weighted by Crippen LogP contribution is -2.44. The Bertz CT molecular complexity index is 374. The Morgan fingerprint density at radius 3 is 1.94 bits per heavy atom. The van der Waals surface area contributed by atoms with E-state index in [4.69, 9.17) is 22.8 Å². The van der Waals surface area contributed by atoms with Gasteiger partial charge in [-0.15, -0.1) is 0 Å². The normalized spacial score (nSPS) is 11.6. The number of aromatic nitrogens is 1. The van der Waals surface area contributed by atoms with Crippen LogP contribution in [0.4, 0.5) is 4.39 Å². The molecule has 1 aromatic heterocycles. The van der Waals surface area contributed by atoms with Crippen molar-refractivity contribution in [2.24, 2.45) is 0 Å². The highest BCUT2D eigenvalue weighted by Crippen LogP contribution is 2.19. The first-order valence-corrected chi connectivity index (χ1v) is 5.39. The van der Waals surface area contributed by atoms with Gasteiger partial charge in [-0.25, -0.2) is 9.37 Å². The number of rotatable bonds is 2. The number of methoxy groups -OCH3 is 1. The third kappa shape index (κ3) is 5.47. The highest BCUT2D eigenvalue weighted by atomic mass is 19.1. The molecule has 2 N–H and O–H groups in total. The number of halogens is 1. The van der Waals surface area contributed by atoms with Crippen LogP contribution in [-0.2, 0) is 0 Å². The van der Waals surface area contributed by atoms with E-state index >= 15 is 0 Å². The van der Waals surface area contributed by atoms with E-state index in [1.807, 2.05) is 0 Å². The molecule has 2 radical (unpaired) electrons. The number of hydrogen-bond acceptors (Lipinski definition) is 4. The lowest BCUT2D eigenvalue weighted by Gasteiger charge is -2.31. The van der Waals surface area contributed by atoms with E-state index < -0.39 is 17.0 Å². The van der Waals surface area contributed by atoms with E-state index in [9.17, 15) is 4.39 Å². The van der Waals surface area contributed by atoms with E-state index in [-0.39, 0.29) is 5.46 Å². The van der Waals surface area contributed by atoms with Crippen molar-refractivity contribution in [3.63, 3.8) is 0 Å². The van der Waals surface area contributed by atoms with Crippen LogP contribution in [-0.4, -0.2) is 41.4 Å². The monoisotopic (exact) mass is 255 g/mol. The van der Waals surface area contributed by atoms with Gasteiger partial charge < -0.3 is 14.9 Å². The lowest BCUT2D eigenvalue weighted by atomic mass is 9.90. The van der Waals surface area contributed by atoms with E-state index in [0.29, 0.717) is 5.88 Å². The Kier molecular flexibility index (Phi) is 5.77. The topological polar surface area (TPSA) is 62.6 Å². The quantitative estimate of drug-likeness (QED) is 0.757. The van der Waals surface area contributed by atoms with Crippen molar-refractivity contribution in [3.8, 4) is 5.88 Å². The van der Waals surface area contributed by atoms with Crippen LogP contribution in [0, 0.1) is 5.82 Å². The lowest BCUT2D eigenvalue weighted by molar-refractivity contribution is -0.107. The third-order valence-corrected chi connectivity index (χ3v) is 2.57. The molecule has 1 aromatic rings. The summed E-state index contributed by atoms with van der Waals surface area (Å²) in [6.07, 6.45) is 1.02. The van der Waals surface area contributed by atoms with E-state index in [2.05, 4.69) is 4.98 Å². The fourth-order valence-corrected chi connectivity index (χ4v) is 0.546. The Morgan fingerprint density at radius 1 is 1.22 bits per heavy atom. The second-order valence-corrected chi connectivity index (χ2v) is 4.87. The van der Waals surface area contributed by atoms with Gasteiger partial charge in [-0.05, 0) is 33.8 Å². The van der Waals surface area contributed by atoms with Gasteiger partial charge in [0.25, 0.3) is 0 Å². The summed E-state index contributed by atoms with van der Waals surface area (Å²) in [5.74, 6) is -0.209. The molecule has 100 valence electrons. The fourth-order valence-electron chi connectivity index (χ4n) is 0.546. The summed E-state index contributed by atoms with van der Waals surface area (Å²) in [4.78, 5) is 3.58. The smallest absolute Gasteiger partial charge is 0.212 e. The summed E-state index contributed by atoms with van der Waals surface area (Å²) in [5.41, 5.74) is -1.97. The van der Waals surface area contributed by atoms with Crippen molar-refractivity contribution >= 4 is 13.3 Å². The van der Waals surface area contributed by atoms with E-state index in [1.165, 1.54) is 13.2 Å². The molecule has 0 aromatic carbocycles. The molecule has 1 heterocycles. The number of hydrogen-bond donors (Lipinski definition) is 2. The predicted molar refractivity (Wildman–Crippen MR) is 68.7 cm³/mol. The summed E-state index contributed by atoms with van der Waals surface area (Å²) < 4.78 is 17.1. The van der Waals surface area contributed by atoms with Crippen LogP contribution in [0.1, 0.15) is 27.7 Å². The van der Waals surface area contributed by atoms with Crippen LogP contribution >= 0.6 is 0 Å². The minimum absolute atomic E-state index is 0.0480. The molecule has 0 saturated carbocycles. The Morgan fingerprint density at radius 2 is 1.67 bits per heavy atom. The fraction of sp³-hybridized carbons (Fsp3) is 0.583. The van der Waals surface area contributed by atoms with Crippen molar-refractivity contribution in [1.82, 2.24) is 4.98 Å². The first kappa shape index (κ1) is 16.9. The zero-order valence-electron chi connectivity index (χ0n) is 11.4. The first-order chi connectivity index (χ1) is 7.99. The predicted octanol–water partition coefficient (Wildman–Crippen LogP) is 0.551. The summed E-state index contributed by atoms with van der Waals surface area (Å²) >= 11 is 0. The van der Waals surface area contributed by atoms with Gasteiger partial charge in [0, 0.05) is 0 Å². The molecule has 6 heteroatoms. The molecular weight excluding hydrogens is 236 g/mol. The van der Waals surface area contributed by atoms with Gasteiger partial charge >= 0.3 is 0 Å². The van der Waals surface area contributed by atoms with E-state index in [1.54, 1.807) is 27.7 Å². The third-order valence-electron chi connectivity index (χ3n) is 2.57. The standard InChI is InChI=1S/C6H5BFNO.C6H14O2/c1-10-6-2-4(7)5(8)3-9-6;1-5(2,7)6(3,4)8/h2-3H,1H3;7-8H,1-4H3. The van der Waals surface area contributed by atoms with Crippen molar-refractivity contribution in [2.75, 3.05) is 7.11 Å². The highest BCUT2D eigenvalue weighted by Gasteiger charge is 2.31. The zero-order chi connectivity index (χ0) is 14.6. The summed E-state index contributed by atoms with van der Waals surface area (Å²) in [5, 5.41) is 18.2. The maximum atomic E-state index is 12.4. The molecule has 0 unspecified atom stereocenters. The second kappa shape index (κ2) is 6.16. The van der Waals surface area contributed by atoms with Crippen LogP contribution in [0.15, 0.2) is 12.3 Å². The maximum Gasteiger partial charge on any atom is 0.212 e. The Hall–Kier alpha value is -1.14. The Labute approximate surface area is 108 Å². The average molecular weight is 255 g/mol. The number of ether oxygens (including phenoxy) is 1. The van der Waals surface area contributed by atoms with Gasteiger partial charge in [0.2, 0.25) is 5.88 Å². The summed E-state index contributed by atoms with van der Waals surface area (Å²) in [6, 6.07) is 1.33. The molecule has 0 atom stereocenters. The molecule has 0 fully saturated rings. The number of aliphatic hydroxyl groups is 2. The van der Waals surface area contributed by atoms with Crippen LogP contribution in [0.5, 0.6) is 5.88 Å². The zero-order valence-corrected chi connectivity index (χ0v) is 11.4. The average Bonchev–Trinajstić information content (AvgIpc) is 2.20. The van der Waals surface area contributed by atoms with Crippen molar-refractivity contribution in [3.05, 3.63) is 18.1 Å². The largest absolute Gasteiger partial charge is 0.481 e. The molecule has 0 aliphatic heterocycles. The Balaban J connectivity index is 0.000000331. The number of nitrogens with zero attached hydrogens (tertiary/aromatic N) is 1. The molecule has 0 spiro atoms. The second-order valence-electron chi connectivity index (χ2n) is 4.87. The molecule has 0 bridgehead atoms. The van der Waals surface area contributed by atoms with E-state index in [0.717, 1.165) is 6.20 Å². The molecule has 0 aliphatic carbocycles. The first-order valence-electron chi connectivity index (χ1n) is 5.39. The molecule has 0 amide bonds. The van der Waals surface area contributed by atoms with Crippen LogP contribution in [0.3, 0.4) is 0 Å². The number of pyridine rings is 1. The van der Waals surface area contributed by atoms with Crippen molar-refractivity contribution < 1.29 is 19.3 Å². The van der Waals surface area contributed by atoms with Gasteiger partial charge in [-0.1, -0.05) is 5.46 Å². The molecule has 1 rings (SSSR count). The van der Waals surface area contributed by atoms with Crippen molar-refractivity contribution in [2.45, 2.75) is 38.9 Å². The maximum absolute atomic E-state index is 12.4. The molecular formula is C12H19BFNO3. The summed E-state index contributed by atoms with van der Waals surface area (Å²) in [7, 11) is 6.65. The van der Waals surface area contributed by atoms with Crippen molar-refractivity contribution in [1.29, 1.82) is 0 Å². The van der Waals surface area contributed by atoms with Gasteiger partial charge in [0.05, 0.1) is 24.5 Å². The van der Waals surface area contributed by atoms with Gasteiger partial charge in [-0.3, -0.25) is 0 Å². The molecule has 18 heavy (non-hydrogen) atoms. The minimum atomic E-state index is -1.01. The summed E-state index contributed by atoms with van der Waals surface area (Å²) in [6.45, 7) is 6.31. The van der Waals surface area contributed by atoms with Crippen LogP contribution in [0.25, 0.3) is 0 Å². The minimum Gasteiger partial charge on any atom is -0.481 e. The molecule has 0 saturated heterocycles. The van der Waals surface area contributed by atoms with Crippen LogP contribution < -0.4 is 10.2 Å². The molecule has 0 aliphatic rings. The highest BCUT2D eigenvalue weighted by molar-refractivity contribution is 6.32. The van der Waals surface area contributed by atoms with Gasteiger partial charge in [0.1, 0.15) is 13.7 Å². The van der Waals surface area contributed by atoms with Gasteiger partial charge in [-0.2, -0.15) is 0 Å². The van der Waals surface area contributed by atoms with Crippen LogP contribution in [0.2, 0.25) is 0 Å². The molecule has 4 nitrogen and oxygen atoms in total. The SMILES string of the molecule is CC(C)(O)C(C)(C)O.[B]c1cc(OC)ncc1F.